The standard InChI is InChI=1S/C19H28O2/c1-18-9-7-13(20)11-12(18)3-4-14-15-5-6-17(21)19(15,2)10-8-16(14)18/h12,14-16H,3-11H2,1-2H3/t12-,14?,15?,16?,18+,19-/m0/s1. The fourth-order valence-electron chi connectivity index (χ4n) is 6.82. The SMILES string of the molecule is C[C@@]12CCC(=O)C[C@@H]1CCC1C2CC[C@]2(C)C(=O)CCC12. The maximum atomic E-state index is 12.4. The fourth-order valence-corrected chi connectivity index (χ4v) is 6.82. The molecule has 0 amide bonds. The topological polar surface area (TPSA) is 34.1 Å². The molecule has 0 aromatic heterocycles. The minimum absolute atomic E-state index is 0.00511. The molecule has 4 fully saturated rings. The molecule has 0 saturated heterocycles. The van der Waals surface area contributed by atoms with Gasteiger partial charge in [-0.2, -0.15) is 0 Å². The number of rotatable bonds is 0. The zero-order valence-electron chi connectivity index (χ0n) is 13.5. The van der Waals surface area contributed by atoms with Crippen LogP contribution in [0.4, 0.5) is 0 Å². The Hall–Kier alpha value is -0.660. The summed E-state index contributed by atoms with van der Waals surface area (Å²) < 4.78 is 0. The minimum Gasteiger partial charge on any atom is -0.300 e. The molecule has 0 N–H and O–H groups in total. The molecule has 2 heteroatoms. The van der Waals surface area contributed by atoms with Crippen molar-refractivity contribution in [2.45, 2.75) is 71.6 Å². The van der Waals surface area contributed by atoms with Gasteiger partial charge in [0.1, 0.15) is 11.6 Å². The van der Waals surface area contributed by atoms with Gasteiger partial charge in [0.15, 0.2) is 0 Å². The minimum atomic E-state index is -0.00511. The van der Waals surface area contributed by atoms with E-state index < -0.39 is 0 Å². The molecule has 4 saturated carbocycles. The Morgan fingerprint density at radius 2 is 1.71 bits per heavy atom. The van der Waals surface area contributed by atoms with E-state index in [0.29, 0.717) is 28.8 Å². The second-order valence-corrected chi connectivity index (χ2v) is 8.82. The lowest BCUT2D eigenvalue weighted by atomic mass is 9.45. The Kier molecular flexibility index (Phi) is 2.94. The first-order chi connectivity index (χ1) is 9.95. The third kappa shape index (κ3) is 1.77. The maximum Gasteiger partial charge on any atom is 0.139 e. The highest BCUT2D eigenvalue weighted by Crippen LogP contribution is 2.65. The Bertz CT molecular complexity index is 496. The van der Waals surface area contributed by atoms with Crippen LogP contribution >= 0.6 is 0 Å². The predicted molar refractivity (Wildman–Crippen MR) is 81.7 cm³/mol. The van der Waals surface area contributed by atoms with Gasteiger partial charge in [-0.1, -0.05) is 13.8 Å². The number of hydrogen-bond donors (Lipinski definition) is 0. The first kappa shape index (κ1) is 14.0. The summed E-state index contributed by atoms with van der Waals surface area (Å²) in [6, 6.07) is 0. The van der Waals surface area contributed by atoms with Crippen LogP contribution in [0.25, 0.3) is 0 Å². The smallest absolute Gasteiger partial charge is 0.139 e. The number of hydrogen-bond acceptors (Lipinski definition) is 2. The Morgan fingerprint density at radius 1 is 0.905 bits per heavy atom. The molecule has 21 heavy (non-hydrogen) atoms. The summed E-state index contributed by atoms with van der Waals surface area (Å²) in [4.78, 5) is 24.2. The molecule has 6 atom stereocenters. The van der Waals surface area contributed by atoms with E-state index in [4.69, 9.17) is 0 Å². The van der Waals surface area contributed by atoms with Gasteiger partial charge >= 0.3 is 0 Å². The van der Waals surface area contributed by atoms with E-state index >= 15 is 0 Å². The monoisotopic (exact) mass is 288 g/mol. The van der Waals surface area contributed by atoms with Crippen molar-refractivity contribution in [3.05, 3.63) is 0 Å². The van der Waals surface area contributed by atoms with Crippen molar-refractivity contribution < 1.29 is 9.59 Å². The Labute approximate surface area is 128 Å². The van der Waals surface area contributed by atoms with Crippen molar-refractivity contribution in [2.24, 2.45) is 34.5 Å². The number of carbonyl (C=O) groups is 2. The van der Waals surface area contributed by atoms with Crippen LogP contribution < -0.4 is 0 Å². The van der Waals surface area contributed by atoms with Gasteiger partial charge in [-0.05, 0) is 67.6 Å². The quantitative estimate of drug-likeness (QED) is 0.670. The zero-order valence-corrected chi connectivity index (χ0v) is 13.5. The molecule has 4 rings (SSSR count). The molecule has 0 spiro atoms. The van der Waals surface area contributed by atoms with E-state index in [1.807, 2.05) is 0 Å². The van der Waals surface area contributed by atoms with Crippen LogP contribution in [-0.2, 0) is 9.59 Å². The first-order valence-corrected chi connectivity index (χ1v) is 9.00. The summed E-state index contributed by atoms with van der Waals surface area (Å²) in [5.74, 6) is 3.82. The van der Waals surface area contributed by atoms with Gasteiger partial charge in [0.25, 0.3) is 0 Å². The first-order valence-electron chi connectivity index (χ1n) is 9.00. The van der Waals surface area contributed by atoms with Gasteiger partial charge in [0.2, 0.25) is 0 Å². The van der Waals surface area contributed by atoms with Crippen LogP contribution in [0, 0.1) is 34.5 Å². The zero-order chi connectivity index (χ0) is 14.8. The van der Waals surface area contributed by atoms with Crippen LogP contribution in [0.5, 0.6) is 0 Å². The normalized spacial score (nSPS) is 53.0. The summed E-state index contributed by atoms with van der Waals surface area (Å²) >= 11 is 0. The number of carbonyl (C=O) groups excluding carboxylic acids is 2. The highest BCUT2D eigenvalue weighted by atomic mass is 16.1. The lowest BCUT2D eigenvalue weighted by Crippen LogP contribution is -2.53. The average molecular weight is 288 g/mol. The molecule has 0 aliphatic heterocycles. The van der Waals surface area contributed by atoms with E-state index in [2.05, 4.69) is 13.8 Å². The van der Waals surface area contributed by atoms with E-state index in [-0.39, 0.29) is 5.41 Å². The summed E-state index contributed by atoms with van der Waals surface area (Å²) in [6.45, 7) is 4.72. The maximum absolute atomic E-state index is 12.4. The van der Waals surface area contributed by atoms with Crippen LogP contribution in [0.3, 0.4) is 0 Å². The second-order valence-electron chi connectivity index (χ2n) is 8.82. The summed E-state index contributed by atoms with van der Waals surface area (Å²) in [7, 11) is 0. The van der Waals surface area contributed by atoms with Crippen molar-refractivity contribution in [1.82, 2.24) is 0 Å². The van der Waals surface area contributed by atoms with Crippen LogP contribution in [0.1, 0.15) is 71.6 Å². The van der Waals surface area contributed by atoms with Gasteiger partial charge < -0.3 is 0 Å². The molecule has 3 unspecified atom stereocenters. The van der Waals surface area contributed by atoms with Crippen molar-refractivity contribution in [3.8, 4) is 0 Å². The van der Waals surface area contributed by atoms with Gasteiger partial charge in [-0.15, -0.1) is 0 Å². The van der Waals surface area contributed by atoms with Crippen molar-refractivity contribution in [3.63, 3.8) is 0 Å². The number of ketones is 2. The van der Waals surface area contributed by atoms with E-state index in [9.17, 15) is 9.59 Å². The van der Waals surface area contributed by atoms with Gasteiger partial charge in [0, 0.05) is 24.7 Å². The van der Waals surface area contributed by atoms with Crippen LogP contribution in [0.2, 0.25) is 0 Å². The van der Waals surface area contributed by atoms with Gasteiger partial charge in [0.05, 0.1) is 0 Å². The Balaban J connectivity index is 1.65. The third-order valence-electron chi connectivity index (χ3n) is 8.19. The molecule has 0 heterocycles. The van der Waals surface area contributed by atoms with Crippen LogP contribution in [0.15, 0.2) is 0 Å². The van der Waals surface area contributed by atoms with Gasteiger partial charge in [-0.3, -0.25) is 9.59 Å². The van der Waals surface area contributed by atoms with Crippen molar-refractivity contribution in [1.29, 1.82) is 0 Å². The van der Waals surface area contributed by atoms with Crippen molar-refractivity contribution >= 4 is 11.6 Å². The number of fused-ring (bicyclic) bond motifs is 5. The van der Waals surface area contributed by atoms with E-state index in [1.54, 1.807) is 0 Å². The van der Waals surface area contributed by atoms with Crippen LogP contribution in [-0.4, -0.2) is 11.6 Å². The lowest BCUT2D eigenvalue weighted by Gasteiger charge is -2.59. The molecule has 4 aliphatic carbocycles. The fraction of sp³-hybridized carbons (Fsp3) is 0.895. The summed E-state index contributed by atoms with van der Waals surface area (Å²) in [5.41, 5.74) is 0.374. The number of Topliss-reactive ketones (excluding diaryl/α,β-unsaturated/α-hetero) is 2. The highest BCUT2D eigenvalue weighted by molar-refractivity contribution is 5.87. The average Bonchev–Trinajstić information content (AvgIpc) is 2.76. The summed E-state index contributed by atoms with van der Waals surface area (Å²) in [6.07, 6.45) is 9.53. The van der Waals surface area contributed by atoms with Crippen molar-refractivity contribution in [2.75, 3.05) is 0 Å². The molecular formula is C19H28O2. The Morgan fingerprint density at radius 3 is 2.52 bits per heavy atom. The largest absolute Gasteiger partial charge is 0.300 e. The molecule has 0 aromatic rings. The molecule has 0 aromatic carbocycles. The molecule has 2 nitrogen and oxygen atoms in total. The summed E-state index contributed by atoms with van der Waals surface area (Å²) in [5, 5.41) is 0. The molecule has 0 bridgehead atoms. The molecule has 4 aliphatic rings. The van der Waals surface area contributed by atoms with E-state index in [0.717, 1.165) is 50.4 Å². The molecule has 0 radical (unpaired) electrons. The highest BCUT2D eigenvalue weighted by Gasteiger charge is 2.60. The predicted octanol–water partition coefficient (Wildman–Crippen LogP) is 4.17. The lowest BCUT2D eigenvalue weighted by molar-refractivity contribution is -0.144. The van der Waals surface area contributed by atoms with Gasteiger partial charge in [-0.25, -0.2) is 0 Å². The molecule has 116 valence electrons. The van der Waals surface area contributed by atoms with E-state index in [1.165, 1.54) is 19.3 Å². The second kappa shape index (κ2) is 4.43. The third-order valence-corrected chi connectivity index (χ3v) is 8.19. The molecular weight excluding hydrogens is 260 g/mol.